The van der Waals surface area contributed by atoms with Gasteiger partial charge in [0.1, 0.15) is 17.3 Å². The lowest BCUT2D eigenvalue weighted by Gasteiger charge is -2.28. The van der Waals surface area contributed by atoms with E-state index in [1.54, 1.807) is 0 Å². The normalized spacial score (nSPS) is 12.2. The standard InChI is InChI=1S/C14H15Cl2N3O/c1-9(10-3-5-11(15)6-4-10)19(2)14-12(7-20)13(16)17-8-18-14/h3-6,8-9,20H,7H2,1-2H3. The molecule has 6 heteroatoms. The van der Waals surface area contributed by atoms with Crippen molar-refractivity contribution >= 4 is 29.0 Å². The summed E-state index contributed by atoms with van der Waals surface area (Å²) in [5.74, 6) is 0.620. The molecule has 0 saturated heterocycles. The second-order valence-corrected chi connectivity index (χ2v) is 5.26. The monoisotopic (exact) mass is 311 g/mol. The molecule has 0 bridgehead atoms. The number of hydrogen-bond donors (Lipinski definition) is 1. The summed E-state index contributed by atoms with van der Waals surface area (Å²) in [4.78, 5) is 10.1. The number of nitrogens with zero attached hydrogens (tertiary/aromatic N) is 3. The molecule has 1 atom stereocenters. The van der Waals surface area contributed by atoms with Gasteiger partial charge in [-0.2, -0.15) is 0 Å². The second-order valence-electron chi connectivity index (χ2n) is 4.46. The van der Waals surface area contributed by atoms with E-state index in [2.05, 4.69) is 9.97 Å². The first-order valence-corrected chi connectivity index (χ1v) is 6.88. The molecule has 0 fully saturated rings. The first kappa shape index (κ1) is 15.0. The number of benzene rings is 1. The van der Waals surface area contributed by atoms with E-state index < -0.39 is 0 Å². The van der Waals surface area contributed by atoms with Crippen LogP contribution in [0.1, 0.15) is 24.1 Å². The number of aliphatic hydroxyl groups is 1. The van der Waals surface area contributed by atoms with Gasteiger partial charge < -0.3 is 10.0 Å². The predicted molar refractivity (Wildman–Crippen MR) is 81.2 cm³/mol. The second kappa shape index (κ2) is 6.39. The van der Waals surface area contributed by atoms with Gasteiger partial charge >= 0.3 is 0 Å². The molecule has 0 saturated carbocycles. The Morgan fingerprint density at radius 2 is 1.85 bits per heavy atom. The number of hydrogen-bond acceptors (Lipinski definition) is 4. The average molecular weight is 312 g/mol. The molecule has 1 aromatic carbocycles. The summed E-state index contributed by atoms with van der Waals surface area (Å²) in [6, 6.07) is 7.68. The van der Waals surface area contributed by atoms with Crippen LogP contribution in [0.5, 0.6) is 0 Å². The molecule has 20 heavy (non-hydrogen) atoms. The van der Waals surface area contributed by atoms with E-state index in [4.69, 9.17) is 23.2 Å². The smallest absolute Gasteiger partial charge is 0.140 e. The fourth-order valence-electron chi connectivity index (χ4n) is 1.97. The summed E-state index contributed by atoms with van der Waals surface area (Å²) >= 11 is 11.9. The Hall–Kier alpha value is -1.36. The topological polar surface area (TPSA) is 49.2 Å². The van der Waals surface area contributed by atoms with Crippen molar-refractivity contribution in [1.29, 1.82) is 0 Å². The van der Waals surface area contributed by atoms with Gasteiger partial charge in [0, 0.05) is 12.1 Å². The van der Waals surface area contributed by atoms with E-state index in [0.717, 1.165) is 5.56 Å². The molecule has 0 amide bonds. The summed E-state index contributed by atoms with van der Waals surface area (Å²) in [5.41, 5.74) is 1.62. The Bertz CT molecular complexity index is 589. The SMILES string of the molecule is CC(c1ccc(Cl)cc1)N(C)c1ncnc(Cl)c1CO. The highest BCUT2D eigenvalue weighted by Crippen LogP contribution is 2.29. The maximum atomic E-state index is 9.43. The van der Waals surface area contributed by atoms with Crippen molar-refractivity contribution in [1.82, 2.24) is 9.97 Å². The fourth-order valence-corrected chi connectivity index (χ4v) is 2.28. The van der Waals surface area contributed by atoms with Crippen LogP contribution >= 0.6 is 23.2 Å². The van der Waals surface area contributed by atoms with Gasteiger partial charge in [-0.1, -0.05) is 35.3 Å². The third-order valence-electron chi connectivity index (χ3n) is 3.30. The first-order valence-electron chi connectivity index (χ1n) is 6.13. The Balaban J connectivity index is 2.33. The van der Waals surface area contributed by atoms with Crippen LogP contribution in [0, 0.1) is 0 Å². The molecule has 2 aromatic rings. The molecule has 106 valence electrons. The van der Waals surface area contributed by atoms with Gasteiger partial charge in [0.2, 0.25) is 0 Å². The molecule has 2 rings (SSSR count). The molecular weight excluding hydrogens is 297 g/mol. The molecule has 0 aliphatic carbocycles. The zero-order chi connectivity index (χ0) is 14.7. The van der Waals surface area contributed by atoms with Gasteiger partial charge in [-0.25, -0.2) is 9.97 Å². The van der Waals surface area contributed by atoms with Crippen molar-refractivity contribution in [2.24, 2.45) is 0 Å². The van der Waals surface area contributed by atoms with Crippen LogP contribution < -0.4 is 4.90 Å². The van der Waals surface area contributed by atoms with E-state index in [1.165, 1.54) is 6.33 Å². The van der Waals surface area contributed by atoms with Gasteiger partial charge in [-0.3, -0.25) is 0 Å². The van der Waals surface area contributed by atoms with Crippen LogP contribution in [0.4, 0.5) is 5.82 Å². The highest BCUT2D eigenvalue weighted by Gasteiger charge is 2.18. The van der Waals surface area contributed by atoms with Crippen molar-refractivity contribution in [2.45, 2.75) is 19.6 Å². The largest absolute Gasteiger partial charge is 0.391 e. The molecule has 1 N–H and O–H groups in total. The van der Waals surface area contributed by atoms with Gasteiger partial charge in [0.25, 0.3) is 0 Å². The molecule has 1 aromatic heterocycles. The Kier molecular flexibility index (Phi) is 4.81. The van der Waals surface area contributed by atoms with E-state index in [1.807, 2.05) is 43.1 Å². The maximum absolute atomic E-state index is 9.43. The summed E-state index contributed by atoms with van der Waals surface area (Å²) in [5, 5.41) is 10.4. The third kappa shape index (κ3) is 3.03. The van der Waals surface area contributed by atoms with Crippen molar-refractivity contribution < 1.29 is 5.11 Å². The van der Waals surface area contributed by atoms with Crippen molar-refractivity contribution in [3.63, 3.8) is 0 Å². The fraction of sp³-hybridized carbons (Fsp3) is 0.286. The highest BCUT2D eigenvalue weighted by atomic mass is 35.5. The Labute approximate surface area is 128 Å². The number of halogens is 2. The summed E-state index contributed by atoms with van der Waals surface area (Å²) in [6.45, 7) is 1.84. The van der Waals surface area contributed by atoms with E-state index >= 15 is 0 Å². The van der Waals surface area contributed by atoms with Crippen LogP contribution in [-0.2, 0) is 6.61 Å². The third-order valence-corrected chi connectivity index (χ3v) is 3.87. The molecule has 4 nitrogen and oxygen atoms in total. The zero-order valence-electron chi connectivity index (χ0n) is 11.2. The molecule has 1 unspecified atom stereocenters. The van der Waals surface area contributed by atoms with Crippen LogP contribution in [-0.4, -0.2) is 22.1 Å². The molecule has 0 radical (unpaired) electrons. The molecule has 1 heterocycles. The number of aliphatic hydroxyl groups excluding tert-OH is 1. The van der Waals surface area contributed by atoms with E-state index in [-0.39, 0.29) is 17.8 Å². The summed E-state index contributed by atoms with van der Waals surface area (Å²) in [6.07, 6.45) is 1.39. The molecular formula is C14H15Cl2N3O. The minimum absolute atomic E-state index is 0.0588. The molecule has 0 aliphatic rings. The number of anilines is 1. The van der Waals surface area contributed by atoms with Crippen LogP contribution in [0.3, 0.4) is 0 Å². The van der Waals surface area contributed by atoms with Crippen LogP contribution in [0.25, 0.3) is 0 Å². The van der Waals surface area contributed by atoms with E-state index in [9.17, 15) is 5.11 Å². The highest BCUT2D eigenvalue weighted by molar-refractivity contribution is 6.30. The zero-order valence-corrected chi connectivity index (χ0v) is 12.7. The molecule has 0 spiro atoms. The maximum Gasteiger partial charge on any atom is 0.140 e. The number of rotatable bonds is 4. The van der Waals surface area contributed by atoms with Gasteiger partial charge in [0.15, 0.2) is 0 Å². The summed E-state index contributed by atoms with van der Waals surface area (Å²) < 4.78 is 0. The quantitative estimate of drug-likeness (QED) is 0.878. The van der Waals surface area contributed by atoms with E-state index in [0.29, 0.717) is 16.4 Å². The van der Waals surface area contributed by atoms with Crippen LogP contribution in [0.15, 0.2) is 30.6 Å². The average Bonchev–Trinajstić information content (AvgIpc) is 2.46. The van der Waals surface area contributed by atoms with Gasteiger partial charge in [-0.05, 0) is 24.6 Å². The van der Waals surface area contributed by atoms with Crippen molar-refractivity contribution in [3.8, 4) is 0 Å². The minimum Gasteiger partial charge on any atom is -0.391 e. The summed E-state index contributed by atoms with van der Waals surface area (Å²) in [7, 11) is 1.90. The lowest BCUT2D eigenvalue weighted by molar-refractivity contribution is 0.281. The van der Waals surface area contributed by atoms with Crippen molar-refractivity contribution in [3.05, 3.63) is 51.9 Å². The van der Waals surface area contributed by atoms with Crippen LogP contribution in [0.2, 0.25) is 10.2 Å². The van der Waals surface area contributed by atoms with Gasteiger partial charge in [-0.15, -0.1) is 0 Å². The number of aromatic nitrogens is 2. The minimum atomic E-state index is -0.202. The molecule has 0 aliphatic heterocycles. The predicted octanol–water partition coefficient (Wildman–Crippen LogP) is 3.47. The van der Waals surface area contributed by atoms with Crippen molar-refractivity contribution in [2.75, 3.05) is 11.9 Å². The lowest BCUT2D eigenvalue weighted by atomic mass is 10.1. The Morgan fingerprint density at radius 3 is 2.45 bits per heavy atom. The lowest BCUT2D eigenvalue weighted by Crippen LogP contribution is -2.24. The first-order chi connectivity index (χ1) is 9.54. The Morgan fingerprint density at radius 1 is 1.20 bits per heavy atom. The van der Waals surface area contributed by atoms with Gasteiger partial charge in [0.05, 0.1) is 18.2 Å².